The lowest BCUT2D eigenvalue weighted by atomic mass is 10.2. The van der Waals surface area contributed by atoms with Gasteiger partial charge in [-0.1, -0.05) is 13.8 Å². The summed E-state index contributed by atoms with van der Waals surface area (Å²) >= 11 is 3.72. The first kappa shape index (κ1) is 13.1. The number of likely N-dealkylation sites (tertiary alicyclic amines) is 1. The number of hydrogen-bond acceptors (Lipinski definition) is 2. The Balaban J connectivity index is 2.16. The van der Waals surface area contributed by atoms with Crippen LogP contribution in [0.25, 0.3) is 0 Å². The second kappa shape index (κ2) is 5.53. The second-order valence-electron chi connectivity index (χ2n) is 5.01. The van der Waals surface area contributed by atoms with E-state index < -0.39 is 0 Å². The van der Waals surface area contributed by atoms with Crippen molar-refractivity contribution in [2.45, 2.75) is 46.7 Å². The average Bonchev–Trinajstić information content (AvgIpc) is 2.85. The van der Waals surface area contributed by atoms with E-state index in [1.54, 1.807) is 0 Å². The van der Waals surface area contributed by atoms with Gasteiger partial charge < -0.3 is 0 Å². The number of hydrogen-bond donors (Lipinski definition) is 0. The van der Waals surface area contributed by atoms with Crippen LogP contribution in [0.5, 0.6) is 0 Å². The van der Waals surface area contributed by atoms with Crippen LogP contribution in [0, 0.1) is 5.92 Å². The van der Waals surface area contributed by atoms with Gasteiger partial charge in [0, 0.05) is 19.6 Å². The van der Waals surface area contributed by atoms with E-state index in [4.69, 9.17) is 0 Å². The summed E-state index contributed by atoms with van der Waals surface area (Å²) in [6.07, 6.45) is 2.33. The molecule has 4 heteroatoms. The monoisotopic (exact) mass is 299 g/mol. The SMILES string of the molecule is CCc1nn(CC)c(CN2CCC(C)C2)c1Br. The Labute approximate surface area is 112 Å². The molecule has 0 radical (unpaired) electrons. The first-order valence-electron chi connectivity index (χ1n) is 6.62. The highest BCUT2D eigenvalue weighted by Crippen LogP contribution is 2.26. The molecule has 1 aliphatic rings. The molecule has 17 heavy (non-hydrogen) atoms. The summed E-state index contributed by atoms with van der Waals surface area (Å²) in [5.74, 6) is 0.845. The topological polar surface area (TPSA) is 21.1 Å². The molecule has 96 valence electrons. The van der Waals surface area contributed by atoms with Crippen molar-refractivity contribution < 1.29 is 0 Å². The van der Waals surface area contributed by atoms with E-state index >= 15 is 0 Å². The van der Waals surface area contributed by atoms with Crippen LogP contribution >= 0.6 is 15.9 Å². The van der Waals surface area contributed by atoms with Crippen molar-refractivity contribution in [3.8, 4) is 0 Å². The third-order valence-corrected chi connectivity index (χ3v) is 4.49. The molecule has 0 N–H and O–H groups in total. The van der Waals surface area contributed by atoms with Crippen LogP contribution in [0.4, 0.5) is 0 Å². The minimum atomic E-state index is 0.845. The molecule has 1 aromatic rings. The molecule has 0 saturated carbocycles. The summed E-state index contributed by atoms with van der Waals surface area (Å²) in [4.78, 5) is 2.54. The predicted octanol–water partition coefficient (Wildman–Crippen LogP) is 3.07. The maximum absolute atomic E-state index is 4.65. The molecule has 2 rings (SSSR count). The highest BCUT2D eigenvalue weighted by atomic mass is 79.9. The van der Waals surface area contributed by atoms with Gasteiger partial charge in [0.2, 0.25) is 0 Å². The Bertz CT molecular complexity index is 386. The summed E-state index contributed by atoms with van der Waals surface area (Å²) in [6.45, 7) is 11.1. The van der Waals surface area contributed by atoms with E-state index in [0.717, 1.165) is 25.4 Å². The molecule has 2 heterocycles. The zero-order chi connectivity index (χ0) is 12.4. The highest BCUT2D eigenvalue weighted by molar-refractivity contribution is 9.10. The third-order valence-electron chi connectivity index (χ3n) is 3.58. The first-order chi connectivity index (χ1) is 8.15. The van der Waals surface area contributed by atoms with Crippen molar-refractivity contribution in [2.24, 2.45) is 5.92 Å². The average molecular weight is 300 g/mol. The van der Waals surface area contributed by atoms with E-state index in [0.29, 0.717) is 0 Å². The Kier molecular flexibility index (Phi) is 4.26. The molecule has 1 fully saturated rings. The molecule has 3 nitrogen and oxygen atoms in total. The Hall–Kier alpha value is -0.350. The molecule has 0 amide bonds. The maximum atomic E-state index is 4.65. The number of halogens is 1. The zero-order valence-electron chi connectivity index (χ0n) is 11.0. The lowest BCUT2D eigenvalue weighted by Gasteiger charge is -2.16. The van der Waals surface area contributed by atoms with Gasteiger partial charge in [0.15, 0.2) is 0 Å². The van der Waals surface area contributed by atoms with Crippen molar-refractivity contribution in [3.63, 3.8) is 0 Å². The van der Waals surface area contributed by atoms with Gasteiger partial charge in [-0.2, -0.15) is 5.10 Å². The smallest absolute Gasteiger partial charge is 0.0767 e. The molecular weight excluding hydrogens is 278 g/mol. The van der Waals surface area contributed by atoms with Crippen molar-refractivity contribution in [3.05, 3.63) is 15.9 Å². The molecule has 0 spiro atoms. The van der Waals surface area contributed by atoms with Crippen molar-refractivity contribution in [1.29, 1.82) is 0 Å². The first-order valence-corrected chi connectivity index (χ1v) is 7.41. The number of nitrogens with zero attached hydrogens (tertiary/aromatic N) is 3. The van der Waals surface area contributed by atoms with Gasteiger partial charge in [0.25, 0.3) is 0 Å². The van der Waals surface area contributed by atoms with Crippen LogP contribution < -0.4 is 0 Å². The zero-order valence-corrected chi connectivity index (χ0v) is 12.6. The van der Waals surface area contributed by atoms with Gasteiger partial charge in [-0.3, -0.25) is 9.58 Å². The minimum Gasteiger partial charge on any atom is -0.297 e. The Morgan fingerprint density at radius 3 is 2.71 bits per heavy atom. The van der Waals surface area contributed by atoms with Crippen LogP contribution in [-0.4, -0.2) is 27.8 Å². The molecule has 1 saturated heterocycles. The van der Waals surface area contributed by atoms with Gasteiger partial charge in [-0.25, -0.2) is 0 Å². The second-order valence-corrected chi connectivity index (χ2v) is 5.80. The number of aromatic nitrogens is 2. The highest BCUT2D eigenvalue weighted by Gasteiger charge is 2.22. The molecule has 0 aromatic carbocycles. The van der Waals surface area contributed by atoms with Crippen molar-refractivity contribution in [1.82, 2.24) is 14.7 Å². The summed E-state index contributed by atoms with van der Waals surface area (Å²) in [5.41, 5.74) is 2.53. The fraction of sp³-hybridized carbons (Fsp3) is 0.769. The standard InChI is InChI=1S/C13H22BrN3/c1-4-11-13(14)12(17(5-2)15-11)9-16-7-6-10(3)8-16/h10H,4-9H2,1-3H3. The lowest BCUT2D eigenvalue weighted by molar-refractivity contribution is 0.308. The van der Waals surface area contributed by atoms with Crippen LogP contribution in [0.1, 0.15) is 38.6 Å². The van der Waals surface area contributed by atoms with Crippen molar-refractivity contribution in [2.75, 3.05) is 13.1 Å². The van der Waals surface area contributed by atoms with Crippen LogP contribution in [-0.2, 0) is 19.5 Å². The molecule has 1 aromatic heterocycles. The summed E-state index contributed by atoms with van der Waals surface area (Å²) in [6, 6.07) is 0. The fourth-order valence-corrected chi connectivity index (χ4v) is 3.24. The quantitative estimate of drug-likeness (QED) is 0.852. The molecular formula is C13H22BrN3. The Morgan fingerprint density at radius 1 is 1.41 bits per heavy atom. The largest absolute Gasteiger partial charge is 0.297 e. The molecule has 0 aliphatic carbocycles. The molecule has 1 atom stereocenters. The van der Waals surface area contributed by atoms with E-state index in [1.165, 1.54) is 35.4 Å². The van der Waals surface area contributed by atoms with Crippen LogP contribution in [0.2, 0.25) is 0 Å². The summed E-state index contributed by atoms with van der Waals surface area (Å²) in [7, 11) is 0. The van der Waals surface area contributed by atoms with E-state index in [2.05, 4.69) is 51.4 Å². The van der Waals surface area contributed by atoms with Gasteiger partial charge in [-0.15, -0.1) is 0 Å². The van der Waals surface area contributed by atoms with Gasteiger partial charge in [0.1, 0.15) is 0 Å². The van der Waals surface area contributed by atoms with Gasteiger partial charge in [-0.05, 0) is 48.2 Å². The number of aryl methyl sites for hydroxylation is 2. The third kappa shape index (κ3) is 2.74. The molecule has 1 aliphatic heterocycles. The van der Waals surface area contributed by atoms with Crippen LogP contribution in [0.3, 0.4) is 0 Å². The summed E-state index contributed by atoms with van der Waals surface area (Å²) < 4.78 is 3.37. The number of rotatable bonds is 4. The summed E-state index contributed by atoms with van der Waals surface area (Å²) in [5, 5.41) is 4.65. The van der Waals surface area contributed by atoms with E-state index in [-0.39, 0.29) is 0 Å². The van der Waals surface area contributed by atoms with Gasteiger partial charge >= 0.3 is 0 Å². The Morgan fingerprint density at radius 2 is 2.18 bits per heavy atom. The predicted molar refractivity (Wildman–Crippen MR) is 74.0 cm³/mol. The van der Waals surface area contributed by atoms with E-state index in [9.17, 15) is 0 Å². The maximum Gasteiger partial charge on any atom is 0.0767 e. The fourth-order valence-electron chi connectivity index (χ4n) is 2.55. The van der Waals surface area contributed by atoms with Crippen molar-refractivity contribution >= 4 is 15.9 Å². The van der Waals surface area contributed by atoms with E-state index in [1.807, 2.05) is 0 Å². The van der Waals surface area contributed by atoms with Gasteiger partial charge in [0.05, 0.1) is 15.9 Å². The van der Waals surface area contributed by atoms with Crippen LogP contribution in [0.15, 0.2) is 4.47 Å². The molecule has 1 unspecified atom stereocenters. The minimum absolute atomic E-state index is 0.845. The normalized spacial score (nSPS) is 21.3. The molecule has 0 bridgehead atoms. The lowest BCUT2D eigenvalue weighted by Crippen LogP contribution is -2.22.